The fraction of sp³-hybridized carbons (Fsp3) is 0.462. The molecule has 0 aromatic heterocycles. The lowest BCUT2D eigenvalue weighted by atomic mass is 10.1. The van der Waals surface area contributed by atoms with Crippen LogP contribution >= 0.6 is 15.9 Å². The van der Waals surface area contributed by atoms with E-state index in [4.69, 9.17) is 0 Å². The molecular formula is C13H17BrN2O. The van der Waals surface area contributed by atoms with Crippen LogP contribution in [0.5, 0.6) is 0 Å². The Kier molecular flexibility index (Phi) is 3.84. The van der Waals surface area contributed by atoms with Crippen LogP contribution in [0.25, 0.3) is 0 Å². The molecule has 1 heterocycles. The molecule has 0 saturated carbocycles. The molecule has 1 aromatic rings. The number of halogens is 1. The second kappa shape index (κ2) is 5.19. The molecule has 0 unspecified atom stereocenters. The highest BCUT2D eigenvalue weighted by Gasteiger charge is 2.22. The van der Waals surface area contributed by atoms with Crippen LogP contribution in [0.15, 0.2) is 22.7 Å². The number of nitrogens with one attached hydrogen (secondary N) is 1. The molecule has 0 bridgehead atoms. The van der Waals surface area contributed by atoms with Crippen LogP contribution in [0, 0.1) is 6.92 Å². The second-order valence-electron chi connectivity index (χ2n) is 4.59. The molecule has 4 heteroatoms. The SMILES string of the molecule is Cc1ccc(Br)c(C(=O)N2CCN[C@@H](C)C2)c1. The minimum Gasteiger partial charge on any atom is -0.336 e. The molecule has 1 N–H and O–H groups in total. The van der Waals surface area contributed by atoms with Crippen molar-refractivity contribution in [2.24, 2.45) is 0 Å². The summed E-state index contributed by atoms with van der Waals surface area (Å²) in [6.07, 6.45) is 0. The van der Waals surface area contributed by atoms with Gasteiger partial charge in [-0.05, 0) is 41.9 Å². The molecule has 17 heavy (non-hydrogen) atoms. The zero-order valence-corrected chi connectivity index (χ0v) is 11.8. The van der Waals surface area contributed by atoms with Crippen LogP contribution in [-0.2, 0) is 0 Å². The Labute approximate surface area is 110 Å². The second-order valence-corrected chi connectivity index (χ2v) is 5.44. The van der Waals surface area contributed by atoms with E-state index in [0.717, 1.165) is 35.2 Å². The molecule has 0 spiro atoms. The van der Waals surface area contributed by atoms with Crippen molar-refractivity contribution in [1.82, 2.24) is 10.2 Å². The van der Waals surface area contributed by atoms with Gasteiger partial charge < -0.3 is 10.2 Å². The number of hydrogen-bond donors (Lipinski definition) is 1. The third-order valence-corrected chi connectivity index (χ3v) is 3.70. The number of nitrogens with zero attached hydrogens (tertiary/aromatic N) is 1. The number of hydrogen-bond acceptors (Lipinski definition) is 2. The lowest BCUT2D eigenvalue weighted by Crippen LogP contribution is -2.51. The summed E-state index contributed by atoms with van der Waals surface area (Å²) in [7, 11) is 0. The van der Waals surface area contributed by atoms with Crippen LogP contribution in [-0.4, -0.2) is 36.5 Å². The minimum absolute atomic E-state index is 0.119. The predicted octanol–water partition coefficient (Wildman–Crippen LogP) is 2.19. The van der Waals surface area contributed by atoms with E-state index in [1.807, 2.05) is 30.0 Å². The molecule has 1 saturated heterocycles. The molecule has 0 radical (unpaired) electrons. The molecular weight excluding hydrogens is 280 g/mol. The van der Waals surface area contributed by atoms with Gasteiger partial charge in [-0.2, -0.15) is 0 Å². The van der Waals surface area contributed by atoms with E-state index in [1.165, 1.54) is 0 Å². The van der Waals surface area contributed by atoms with Gasteiger partial charge in [0.25, 0.3) is 5.91 Å². The Balaban J connectivity index is 2.21. The van der Waals surface area contributed by atoms with Gasteiger partial charge >= 0.3 is 0 Å². The van der Waals surface area contributed by atoms with Crippen molar-refractivity contribution in [3.63, 3.8) is 0 Å². The van der Waals surface area contributed by atoms with Crippen molar-refractivity contribution < 1.29 is 4.79 Å². The number of benzene rings is 1. The predicted molar refractivity (Wildman–Crippen MR) is 72.2 cm³/mol. The topological polar surface area (TPSA) is 32.3 Å². The lowest BCUT2D eigenvalue weighted by Gasteiger charge is -2.32. The van der Waals surface area contributed by atoms with Crippen molar-refractivity contribution in [3.8, 4) is 0 Å². The summed E-state index contributed by atoms with van der Waals surface area (Å²) in [5.74, 6) is 0.119. The lowest BCUT2D eigenvalue weighted by molar-refractivity contribution is 0.0708. The van der Waals surface area contributed by atoms with E-state index >= 15 is 0 Å². The third-order valence-electron chi connectivity index (χ3n) is 3.01. The van der Waals surface area contributed by atoms with Crippen LogP contribution in [0.3, 0.4) is 0 Å². The van der Waals surface area contributed by atoms with E-state index in [0.29, 0.717) is 6.04 Å². The minimum atomic E-state index is 0.119. The maximum atomic E-state index is 12.4. The highest BCUT2D eigenvalue weighted by atomic mass is 79.9. The summed E-state index contributed by atoms with van der Waals surface area (Å²) in [5.41, 5.74) is 1.87. The quantitative estimate of drug-likeness (QED) is 0.862. The molecule has 1 amide bonds. The summed E-state index contributed by atoms with van der Waals surface area (Å²) < 4.78 is 0.874. The molecule has 1 aliphatic rings. The zero-order chi connectivity index (χ0) is 12.4. The van der Waals surface area contributed by atoms with Gasteiger partial charge in [0.1, 0.15) is 0 Å². The Morgan fingerprint density at radius 3 is 3.00 bits per heavy atom. The summed E-state index contributed by atoms with van der Waals surface area (Å²) in [6.45, 7) is 6.54. The molecule has 1 aliphatic heterocycles. The van der Waals surface area contributed by atoms with Gasteiger partial charge in [-0.25, -0.2) is 0 Å². The first-order valence-electron chi connectivity index (χ1n) is 5.87. The average Bonchev–Trinajstić information content (AvgIpc) is 2.31. The van der Waals surface area contributed by atoms with Crippen LogP contribution in [0.4, 0.5) is 0 Å². The van der Waals surface area contributed by atoms with E-state index in [1.54, 1.807) is 0 Å². The van der Waals surface area contributed by atoms with Crippen molar-refractivity contribution in [1.29, 1.82) is 0 Å². The summed E-state index contributed by atoms with van der Waals surface area (Å²) in [5, 5.41) is 3.34. The van der Waals surface area contributed by atoms with Crippen molar-refractivity contribution in [2.75, 3.05) is 19.6 Å². The Bertz CT molecular complexity index is 433. The smallest absolute Gasteiger partial charge is 0.255 e. The van der Waals surface area contributed by atoms with E-state index < -0.39 is 0 Å². The van der Waals surface area contributed by atoms with Crippen molar-refractivity contribution >= 4 is 21.8 Å². The average molecular weight is 297 g/mol. The number of carbonyl (C=O) groups is 1. The first kappa shape index (κ1) is 12.6. The van der Waals surface area contributed by atoms with Gasteiger partial charge in [0, 0.05) is 30.1 Å². The Morgan fingerprint density at radius 1 is 1.53 bits per heavy atom. The van der Waals surface area contributed by atoms with Crippen LogP contribution in [0.1, 0.15) is 22.8 Å². The molecule has 1 aromatic carbocycles. The first-order chi connectivity index (χ1) is 8.08. The van der Waals surface area contributed by atoms with Gasteiger partial charge in [-0.15, -0.1) is 0 Å². The first-order valence-corrected chi connectivity index (χ1v) is 6.66. The fourth-order valence-corrected chi connectivity index (χ4v) is 2.51. The molecule has 3 nitrogen and oxygen atoms in total. The van der Waals surface area contributed by atoms with Gasteiger partial charge in [-0.1, -0.05) is 11.6 Å². The third kappa shape index (κ3) is 2.87. The highest BCUT2D eigenvalue weighted by molar-refractivity contribution is 9.10. The highest BCUT2D eigenvalue weighted by Crippen LogP contribution is 2.20. The van der Waals surface area contributed by atoms with Crippen molar-refractivity contribution in [2.45, 2.75) is 19.9 Å². The largest absolute Gasteiger partial charge is 0.336 e. The fourth-order valence-electron chi connectivity index (χ4n) is 2.09. The maximum absolute atomic E-state index is 12.4. The molecule has 1 atom stereocenters. The van der Waals surface area contributed by atoms with Crippen LogP contribution in [0.2, 0.25) is 0 Å². The van der Waals surface area contributed by atoms with E-state index in [-0.39, 0.29) is 5.91 Å². The Hall–Kier alpha value is -0.870. The van der Waals surface area contributed by atoms with Gasteiger partial charge in [0.15, 0.2) is 0 Å². The summed E-state index contributed by atoms with van der Waals surface area (Å²) in [6, 6.07) is 6.26. The standard InChI is InChI=1S/C13H17BrN2O/c1-9-3-4-12(14)11(7-9)13(17)16-6-5-15-10(2)8-16/h3-4,7,10,15H,5-6,8H2,1-2H3/t10-/m0/s1. The molecule has 1 fully saturated rings. The van der Waals surface area contributed by atoms with Gasteiger partial charge in [0.05, 0.1) is 5.56 Å². The van der Waals surface area contributed by atoms with Crippen LogP contribution < -0.4 is 5.32 Å². The number of piperazine rings is 1. The summed E-state index contributed by atoms with van der Waals surface area (Å²) in [4.78, 5) is 14.3. The maximum Gasteiger partial charge on any atom is 0.255 e. The molecule has 2 rings (SSSR count). The molecule has 0 aliphatic carbocycles. The molecule has 92 valence electrons. The number of rotatable bonds is 1. The van der Waals surface area contributed by atoms with E-state index in [9.17, 15) is 4.79 Å². The normalized spacial score (nSPS) is 20.4. The monoisotopic (exact) mass is 296 g/mol. The Morgan fingerprint density at radius 2 is 2.29 bits per heavy atom. The van der Waals surface area contributed by atoms with Gasteiger partial charge in [0.2, 0.25) is 0 Å². The number of amides is 1. The van der Waals surface area contributed by atoms with E-state index in [2.05, 4.69) is 28.2 Å². The number of carbonyl (C=O) groups excluding carboxylic acids is 1. The summed E-state index contributed by atoms with van der Waals surface area (Å²) >= 11 is 3.45. The van der Waals surface area contributed by atoms with Gasteiger partial charge in [-0.3, -0.25) is 4.79 Å². The number of aryl methyl sites for hydroxylation is 1. The van der Waals surface area contributed by atoms with Crippen molar-refractivity contribution in [3.05, 3.63) is 33.8 Å². The zero-order valence-electron chi connectivity index (χ0n) is 10.2.